The Morgan fingerprint density at radius 3 is 1.49 bits per heavy atom. The van der Waals surface area contributed by atoms with Gasteiger partial charge in [0.05, 0.1) is 76.2 Å². The zero-order valence-electron chi connectivity index (χ0n) is 34.4. The fraction of sp³-hybridized carbons (Fsp3) is 0.821. The molecule has 2 amide bonds. The molecule has 16 heteroatoms. The van der Waals surface area contributed by atoms with Crippen molar-refractivity contribution in [3.05, 3.63) is 11.6 Å². The minimum Gasteiger partial charge on any atom is -0.444 e. The van der Waals surface area contributed by atoms with Crippen molar-refractivity contribution in [2.24, 2.45) is 0 Å². The molecule has 0 aromatic carbocycles. The summed E-state index contributed by atoms with van der Waals surface area (Å²) in [5.41, 5.74) is 0.0573. The molecule has 310 valence electrons. The van der Waals surface area contributed by atoms with Crippen molar-refractivity contribution in [2.45, 2.75) is 95.9 Å². The van der Waals surface area contributed by atoms with Crippen LogP contribution in [0.4, 0.5) is 9.59 Å². The van der Waals surface area contributed by atoms with Gasteiger partial charge in [0.1, 0.15) is 11.2 Å². The number of allylic oxidation sites excluding steroid dienone is 1. The number of nitrogens with one attached hydrogen (secondary N) is 1. The Hall–Kier alpha value is -3.53. The van der Waals surface area contributed by atoms with Gasteiger partial charge in [-0.2, -0.15) is 15.8 Å². The number of hydrogen-bond donors (Lipinski definition) is 2. The Morgan fingerprint density at radius 2 is 1.15 bits per heavy atom. The van der Waals surface area contributed by atoms with Crippen LogP contribution in [0.25, 0.3) is 0 Å². The van der Waals surface area contributed by atoms with Crippen molar-refractivity contribution in [3.63, 3.8) is 0 Å². The summed E-state index contributed by atoms with van der Waals surface area (Å²) in [7, 11) is 1.00. The lowest BCUT2D eigenvalue weighted by atomic mass is 9.73. The van der Waals surface area contributed by atoms with Crippen LogP contribution in [-0.4, -0.2) is 171 Å². The highest BCUT2D eigenvalue weighted by Gasteiger charge is 2.50. The fourth-order valence-electron chi connectivity index (χ4n) is 6.70. The molecule has 5 saturated heterocycles. The molecule has 16 nitrogen and oxygen atoms in total. The van der Waals surface area contributed by atoms with Crippen molar-refractivity contribution in [3.8, 4) is 18.2 Å². The largest absolute Gasteiger partial charge is 0.444 e. The molecule has 5 heterocycles. The zero-order chi connectivity index (χ0) is 41.0. The van der Waals surface area contributed by atoms with Gasteiger partial charge in [0.15, 0.2) is 0 Å². The van der Waals surface area contributed by atoms with Crippen molar-refractivity contribution >= 4 is 12.2 Å². The minimum absolute atomic E-state index is 0.213. The van der Waals surface area contributed by atoms with E-state index in [0.717, 1.165) is 78.4 Å². The van der Waals surface area contributed by atoms with E-state index < -0.39 is 11.2 Å². The summed E-state index contributed by atoms with van der Waals surface area (Å²) in [6.07, 6.45) is 5.72. The Balaban J connectivity index is 0.000000264. The SMILES string of the molecule is C1COCCN1.CC(C)(C)OC(=O)N1CC(=CC#N)C1.CC(C)(C)OC(=O)N1CC(CC#N)(N2CCOCC2)C1.CO.N#CCC1(N2CCOCC2)CCC1. The molecular weight excluding hydrogens is 708 g/mol. The van der Waals surface area contributed by atoms with Gasteiger partial charge in [-0.05, 0) is 66.4 Å². The molecule has 0 unspecified atom stereocenters. The molecule has 0 atom stereocenters. The number of carbonyl (C=O) groups is 2. The van der Waals surface area contributed by atoms with Crippen LogP contribution < -0.4 is 5.32 Å². The third-order valence-electron chi connectivity index (χ3n) is 9.64. The monoisotopic (exact) mass is 775 g/mol. The highest BCUT2D eigenvalue weighted by atomic mass is 16.6. The van der Waals surface area contributed by atoms with Gasteiger partial charge in [-0.25, -0.2) is 9.59 Å². The smallest absolute Gasteiger partial charge is 0.410 e. The lowest BCUT2D eigenvalue weighted by Gasteiger charge is -2.55. The molecule has 1 aliphatic carbocycles. The summed E-state index contributed by atoms with van der Waals surface area (Å²) >= 11 is 0. The van der Waals surface area contributed by atoms with Crippen LogP contribution in [-0.2, 0) is 23.7 Å². The predicted molar refractivity (Wildman–Crippen MR) is 206 cm³/mol. The highest BCUT2D eigenvalue weighted by Crippen LogP contribution is 2.40. The van der Waals surface area contributed by atoms with Crippen LogP contribution >= 0.6 is 0 Å². The number of morpholine rings is 3. The molecule has 0 aromatic rings. The number of aliphatic hydroxyl groups is 1. The molecule has 0 spiro atoms. The van der Waals surface area contributed by atoms with Crippen LogP contribution in [0.15, 0.2) is 11.6 Å². The molecule has 0 aromatic heterocycles. The molecule has 0 radical (unpaired) electrons. The van der Waals surface area contributed by atoms with Gasteiger partial charge in [-0.3, -0.25) is 9.80 Å². The minimum atomic E-state index is -0.483. The maximum atomic E-state index is 12.0. The standard InChI is InChI=1S/C14H23N3O3.C10H14N2O2.C10H16N2O.C4H9NO.CH4O/c1-13(2,3)20-12(18)16-10-14(11-16,4-5-15)17-6-8-19-9-7-17;1-10(2,3)14-9(13)12-6-8(7-12)4-5-11;11-5-4-10(2-1-3-10)12-6-8-13-9-7-12;1-3-6-4-2-5-1;1-2/h4,6-11H2,1-3H3;4H,6-7H2,1-3H3;1-4,6-9H2;5H,1-4H2;2H,1H3. The quantitative estimate of drug-likeness (QED) is 0.395. The first-order valence-electron chi connectivity index (χ1n) is 19.3. The maximum Gasteiger partial charge on any atom is 0.410 e. The summed E-state index contributed by atoms with van der Waals surface area (Å²) in [6.45, 7) is 23.8. The molecular formula is C39H66N8O8. The topological polar surface area (TPSA) is 197 Å². The van der Waals surface area contributed by atoms with Crippen molar-refractivity contribution in [1.29, 1.82) is 15.8 Å². The van der Waals surface area contributed by atoms with Crippen molar-refractivity contribution < 1.29 is 38.4 Å². The fourth-order valence-corrected chi connectivity index (χ4v) is 6.70. The van der Waals surface area contributed by atoms with E-state index in [1.54, 1.807) is 9.80 Å². The Labute approximate surface area is 328 Å². The van der Waals surface area contributed by atoms with E-state index in [1.807, 2.05) is 47.6 Å². The van der Waals surface area contributed by atoms with Crippen LogP contribution in [0, 0.1) is 34.0 Å². The Bertz CT molecular complexity index is 1300. The van der Waals surface area contributed by atoms with E-state index in [1.165, 1.54) is 25.3 Å². The van der Waals surface area contributed by atoms with Gasteiger partial charge < -0.3 is 43.9 Å². The number of amides is 2. The van der Waals surface area contributed by atoms with E-state index in [9.17, 15) is 9.59 Å². The van der Waals surface area contributed by atoms with Crippen LogP contribution in [0.3, 0.4) is 0 Å². The number of ether oxygens (including phenoxy) is 5. The highest BCUT2D eigenvalue weighted by molar-refractivity contribution is 5.71. The maximum absolute atomic E-state index is 12.0. The summed E-state index contributed by atoms with van der Waals surface area (Å²) in [5.74, 6) is 0. The van der Waals surface area contributed by atoms with Crippen LogP contribution in [0.5, 0.6) is 0 Å². The first-order valence-corrected chi connectivity index (χ1v) is 19.3. The summed E-state index contributed by atoms with van der Waals surface area (Å²) < 4.78 is 26.2. The van der Waals surface area contributed by atoms with Gasteiger partial charge in [0.25, 0.3) is 0 Å². The third-order valence-corrected chi connectivity index (χ3v) is 9.64. The Kier molecular flexibility index (Phi) is 20.4. The number of hydrogen-bond acceptors (Lipinski definition) is 14. The molecule has 5 aliphatic heterocycles. The zero-order valence-corrected chi connectivity index (χ0v) is 34.4. The van der Waals surface area contributed by atoms with E-state index in [4.69, 9.17) is 44.6 Å². The molecule has 6 fully saturated rings. The second-order valence-corrected chi connectivity index (χ2v) is 16.1. The van der Waals surface area contributed by atoms with Crippen molar-refractivity contribution in [2.75, 3.05) is 112 Å². The number of nitriles is 3. The molecule has 1 saturated carbocycles. The summed E-state index contributed by atoms with van der Waals surface area (Å²) in [5, 5.41) is 36.4. The molecule has 2 N–H and O–H groups in total. The van der Waals surface area contributed by atoms with E-state index >= 15 is 0 Å². The lowest BCUT2D eigenvalue weighted by Crippen LogP contribution is -2.72. The number of rotatable bonds is 4. The van der Waals surface area contributed by atoms with E-state index in [0.29, 0.717) is 52.2 Å². The van der Waals surface area contributed by atoms with Crippen LogP contribution in [0.2, 0.25) is 0 Å². The van der Waals surface area contributed by atoms with Gasteiger partial charge in [-0.1, -0.05) is 0 Å². The first-order chi connectivity index (χ1) is 26.2. The van der Waals surface area contributed by atoms with Gasteiger partial charge in [0.2, 0.25) is 0 Å². The van der Waals surface area contributed by atoms with Gasteiger partial charge in [0, 0.05) is 84.2 Å². The Morgan fingerprint density at radius 1 is 0.727 bits per heavy atom. The van der Waals surface area contributed by atoms with E-state index in [-0.39, 0.29) is 23.3 Å². The molecule has 6 rings (SSSR count). The lowest BCUT2D eigenvalue weighted by molar-refractivity contribution is -0.0933. The normalized spacial score (nSPS) is 21.5. The summed E-state index contributed by atoms with van der Waals surface area (Å²) in [6, 6.07) is 6.52. The summed E-state index contributed by atoms with van der Waals surface area (Å²) in [4.78, 5) is 31.4. The number of nitrogens with zero attached hydrogens (tertiary/aromatic N) is 7. The van der Waals surface area contributed by atoms with Crippen LogP contribution in [0.1, 0.15) is 73.6 Å². The average molecular weight is 775 g/mol. The van der Waals surface area contributed by atoms with Crippen molar-refractivity contribution in [1.82, 2.24) is 24.9 Å². The second kappa shape index (κ2) is 23.5. The average Bonchev–Trinajstić information content (AvgIpc) is 3.11. The van der Waals surface area contributed by atoms with Gasteiger partial charge in [-0.15, -0.1) is 0 Å². The predicted octanol–water partition coefficient (Wildman–Crippen LogP) is 3.28. The van der Waals surface area contributed by atoms with E-state index in [2.05, 4.69) is 27.3 Å². The second-order valence-electron chi connectivity index (χ2n) is 16.1. The first kappa shape index (κ1) is 47.6. The number of aliphatic hydroxyl groups excluding tert-OH is 1. The number of likely N-dealkylation sites (tertiary alicyclic amines) is 2. The molecule has 6 aliphatic rings. The third kappa shape index (κ3) is 16.2. The van der Waals surface area contributed by atoms with Gasteiger partial charge >= 0.3 is 12.2 Å². The molecule has 0 bridgehead atoms. The molecule has 55 heavy (non-hydrogen) atoms. The number of carbonyl (C=O) groups excluding carboxylic acids is 2.